The highest BCUT2D eigenvalue weighted by atomic mass is 35.5. The van der Waals surface area contributed by atoms with Gasteiger partial charge in [-0.2, -0.15) is 22.0 Å². The number of hydrogen-bond acceptors (Lipinski definition) is 8. The number of phenolic OH excluding ortho intramolecular Hbond substituents is 1. The number of rotatable bonds is 12. The van der Waals surface area contributed by atoms with E-state index in [-0.39, 0.29) is 12.4 Å². The van der Waals surface area contributed by atoms with Crippen molar-refractivity contribution < 1.29 is 19.7 Å². The number of aliphatic hydroxyl groups excluding tert-OH is 1. The van der Waals surface area contributed by atoms with Gasteiger partial charge in [-0.25, -0.2) is 4.79 Å². The Kier molecular flexibility index (Phi) is 9.88. The number of thioether (sulfide) groups is 2. The number of ether oxygens (including phenoxy) is 1. The Labute approximate surface area is 286 Å². The fourth-order valence-corrected chi connectivity index (χ4v) is 8.26. The molecule has 3 aromatic heterocycles. The number of aromatic nitrogens is 5. The molecule has 0 aliphatic heterocycles. The zero-order valence-electron chi connectivity index (χ0n) is 26.7. The Morgan fingerprint density at radius 2 is 1.81 bits per heavy atom. The number of phenols is 1. The number of aryl methyl sites for hydroxylation is 4. The normalized spacial score (nSPS) is 11.6. The van der Waals surface area contributed by atoms with E-state index in [1.165, 1.54) is 7.11 Å². The monoisotopic (exact) mass is 689 g/mol. The summed E-state index contributed by atoms with van der Waals surface area (Å²) in [6, 6.07) is 17.7. The van der Waals surface area contributed by atoms with Gasteiger partial charge in [0.05, 0.1) is 35.2 Å². The number of nitrogens with zero attached hydrogens (tertiary/aromatic N) is 5. The van der Waals surface area contributed by atoms with Crippen LogP contribution < -0.4 is 0 Å². The van der Waals surface area contributed by atoms with Crippen LogP contribution in [0.1, 0.15) is 39.4 Å². The highest BCUT2D eigenvalue weighted by molar-refractivity contribution is 7.98. The molecule has 12 heteroatoms. The largest absolute Gasteiger partial charge is 0.507 e. The van der Waals surface area contributed by atoms with Crippen LogP contribution in [0.5, 0.6) is 5.75 Å². The third kappa shape index (κ3) is 6.49. The number of aromatic hydroxyl groups is 1. The molecule has 0 radical (unpaired) electrons. The molecule has 0 unspecified atom stereocenters. The number of halogens is 1. The first-order valence-corrected chi connectivity index (χ1v) is 17.7. The van der Waals surface area contributed by atoms with Crippen LogP contribution in [0.2, 0.25) is 5.02 Å². The molecule has 0 spiro atoms. The maximum atomic E-state index is 12.9. The first kappa shape index (κ1) is 33.0. The van der Waals surface area contributed by atoms with Gasteiger partial charge in [-0.15, -0.1) is 11.8 Å². The van der Waals surface area contributed by atoms with Crippen molar-refractivity contribution in [3.63, 3.8) is 0 Å². The average Bonchev–Trinajstić information content (AvgIpc) is 3.70. The lowest BCUT2D eigenvalue weighted by Crippen LogP contribution is -2.11. The summed E-state index contributed by atoms with van der Waals surface area (Å²) in [6.07, 6.45) is 2.92. The average molecular weight is 690 g/mol. The van der Waals surface area contributed by atoms with Crippen molar-refractivity contribution >= 4 is 62.8 Å². The number of methoxy groups -OCH3 is 1. The van der Waals surface area contributed by atoms with E-state index in [1.54, 1.807) is 23.5 Å². The Balaban J connectivity index is 1.21. The number of aliphatic hydroxyl groups is 1. The second kappa shape index (κ2) is 14.1. The van der Waals surface area contributed by atoms with Gasteiger partial charge in [-0.05, 0) is 48.1 Å². The van der Waals surface area contributed by atoms with E-state index >= 15 is 0 Å². The van der Waals surface area contributed by atoms with Crippen molar-refractivity contribution in [3.8, 4) is 17.0 Å². The molecule has 0 bridgehead atoms. The smallest absolute Gasteiger partial charge is 0.354 e. The van der Waals surface area contributed by atoms with Gasteiger partial charge in [-0.3, -0.25) is 9.36 Å². The van der Waals surface area contributed by atoms with E-state index in [0.717, 1.165) is 66.1 Å². The second-order valence-electron chi connectivity index (χ2n) is 11.4. The van der Waals surface area contributed by atoms with Gasteiger partial charge in [0.1, 0.15) is 11.4 Å². The predicted molar refractivity (Wildman–Crippen MR) is 190 cm³/mol. The summed E-state index contributed by atoms with van der Waals surface area (Å²) < 4.78 is 10.7. The molecular formula is C35H36ClN5O4S2. The number of fused-ring (bicyclic) bond motifs is 2. The van der Waals surface area contributed by atoms with Crippen LogP contribution in [0.4, 0.5) is 0 Å². The predicted octanol–water partition coefficient (Wildman–Crippen LogP) is 7.26. The summed E-state index contributed by atoms with van der Waals surface area (Å²) >= 11 is 10.3. The lowest BCUT2D eigenvalue weighted by molar-refractivity contribution is 0.0589. The van der Waals surface area contributed by atoms with Crippen molar-refractivity contribution in [2.75, 3.05) is 13.7 Å². The Bertz CT molecular complexity index is 2100. The van der Waals surface area contributed by atoms with Gasteiger partial charge in [0, 0.05) is 77.5 Å². The molecule has 2 N–H and O–H groups in total. The first-order valence-electron chi connectivity index (χ1n) is 15.2. The summed E-state index contributed by atoms with van der Waals surface area (Å²) in [4.78, 5) is 13.9. The van der Waals surface area contributed by atoms with Crippen LogP contribution in [0.15, 0.2) is 65.7 Å². The molecule has 6 rings (SSSR count). The van der Waals surface area contributed by atoms with E-state index < -0.39 is 5.97 Å². The number of hydrogen-bond donors (Lipinski definition) is 2. The van der Waals surface area contributed by atoms with Gasteiger partial charge >= 0.3 is 5.97 Å². The minimum Gasteiger partial charge on any atom is -0.507 e. The summed E-state index contributed by atoms with van der Waals surface area (Å²) in [5.41, 5.74) is 6.91. The second-order valence-corrected chi connectivity index (χ2v) is 13.8. The lowest BCUT2D eigenvalue weighted by atomic mass is 10.0. The molecule has 244 valence electrons. The van der Waals surface area contributed by atoms with Gasteiger partial charge in [-0.1, -0.05) is 41.9 Å². The van der Waals surface area contributed by atoms with Gasteiger partial charge in [0.15, 0.2) is 0 Å². The molecule has 6 aromatic rings. The highest BCUT2D eigenvalue weighted by Gasteiger charge is 2.27. The molecule has 0 saturated carbocycles. The third-order valence-corrected chi connectivity index (χ3v) is 10.7. The fourth-order valence-electron chi connectivity index (χ4n) is 6.15. The van der Waals surface area contributed by atoms with Crippen LogP contribution in [0.25, 0.3) is 32.9 Å². The van der Waals surface area contributed by atoms with Gasteiger partial charge in [0.2, 0.25) is 0 Å². The van der Waals surface area contributed by atoms with Gasteiger partial charge in [0.25, 0.3) is 0 Å². The molecule has 9 nitrogen and oxygen atoms in total. The fraction of sp³-hybridized carbons (Fsp3) is 0.286. The maximum absolute atomic E-state index is 12.9. The zero-order valence-corrected chi connectivity index (χ0v) is 29.0. The van der Waals surface area contributed by atoms with Crippen molar-refractivity contribution in [2.45, 2.75) is 35.0 Å². The molecule has 0 aliphatic rings. The number of carbonyl (C=O) groups excluding carboxylic acids is 1. The molecular weight excluding hydrogens is 654 g/mol. The quantitative estimate of drug-likeness (QED) is 0.102. The minimum absolute atomic E-state index is 0.0200. The SMILES string of the molecule is COC(=O)c1c(CCCO)c2ccc(Cl)c(-c3c(CSCc4cc(CSc5cc(O)c6ccccc6c5)n(C)n4)cnn3C)c2n1C. The molecule has 0 aliphatic carbocycles. The van der Waals surface area contributed by atoms with Crippen LogP contribution in [0, 0.1) is 0 Å². The molecule has 0 atom stereocenters. The number of esters is 1. The van der Waals surface area contributed by atoms with E-state index in [2.05, 4.69) is 17.2 Å². The molecule has 3 heterocycles. The third-order valence-electron chi connectivity index (χ3n) is 8.36. The number of carbonyl (C=O) groups is 1. The zero-order chi connectivity index (χ0) is 33.2. The summed E-state index contributed by atoms with van der Waals surface area (Å²) in [7, 11) is 7.08. The molecule has 0 saturated heterocycles. The van der Waals surface area contributed by atoms with Crippen molar-refractivity contribution in [3.05, 3.63) is 94.0 Å². The van der Waals surface area contributed by atoms with E-state index in [0.29, 0.717) is 35.1 Å². The van der Waals surface area contributed by atoms with E-state index in [4.69, 9.17) is 21.4 Å². The lowest BCUT2D eigenvalue weighted by Gasteiger charge is -2.12. The summed E-state index contributed by atoms with van der Waals surface area (Å²) in [5, 5.41) is 32.7. The highest BCUT2D eigenvalue weighted by Crippen LogP contribution is 2.41. The maximum Gasteiger partial charge on any atom is 0.354 e. The van der Waals surface area contributed by atoms with Crippen molar-refractivity contribution in [2.24, 2.45) is 21.1 Å². The molecule has 3 aromatic carbocycles. The standard InChI is InChI=1S/C35H36ClN5O4S2/c1-39-33-28(27(10-7-13-42)34(39)35(44)45-4)11-12-29(36)31(33)32-22(17-37-41(32)3)18-46-19-23-15-24(40(2)38-23)20-47-25-14-21-8-5-6-9-26(21)30(43)16-25/h5-6,8-9,11-12,14-17,42-43H,7,10,13,18-20H2,1-4H3. The Morgan fingerprint density at radius 1 is 1.00 bits per heavy atom. The minimum atomic E-state index is -0.428. The van der Waals surface area contributed by atoms with Gasteiger partial charge < -0.3 is 19.5 Å². The van der Waals surface area contributed by atoms with Crippen LogP contribution in [-0.4, -0.2) is 54.0 Å². The molecule has 47 heavy (non-hydrogen) atoms. The number of benzene rings is 3. The van der Waals surface area contributed by atoms with Crippen molar-refractivity contribution in [1.29, 1.82) is 0 Å². The topological polar surface area (TPSA) is 107 Å². The van der Waals surface area contributed by atoms with Crippen LogP contribution in [-0.2, 0) is 49.6 Å². The first-order chi connectivity index (χ1) is 22.7. The van der Waals surface area contributed by atoms with Crippen LogP contribution in [0.3, 0.4) is 0 Å². The Morgan fingerprint density at radius 3 is 2.60 bits per heavy atom. The van der Waals surface area contributed by atoms with E-state index in [9.17, 15) is 15.0 Å². The Hall–Kier alpha value is -3.90. The van der Waals surface area contributed by atoms with Crippen LogP contribution >= 0.6 is 35.1 Å². The molecule has 0 amide bonds. The summed E-state index contributed by atoms with van der Waals surface area (Å²) in [5.74, 6) is 1.98. The van der Waals surface area contributed by atoms with E-state index in [1.807, 2.05) is 83.7 Å². The summed E-state index contributed by atoms with van der Waals surface area (Å²) in [6.45, 7) is 0.0200. The van der Waals surface area contributed by atoms with Crippen molar-refractivity contribution in [1.82, 2.24) is 24.1 Å². The molecule has 0 fully saturated rings.